The minimum Gasteiger partial charge on any atom is -0.255 e. The smallest absolute Gasteiger partial charge is 0.149 e. The van der Waals surface area contributed by atoms with Gasteiger partial charge in [-0.3, -0.25) is 4.99 Å². The van der Waals surface area contributed by atoms with Gasteiger partial charge in [0, 0.05) is 5.71 Å². The molecule has 1 saturated carbocycles. The second-order valence-corrected chi connectivity index (χ2v) is 5.39. The zero-order valence-corrected chi connectivity index (χ0v) is 11.6. The van der Waals surface area contributed by atoms with Gasteiger partial charge >= 0.3 is 0 Å². The molecule has 1 aliphatic rings. The lowest BCUT2D eigenvalue weighted by Crippen LogP contribution is -1.93. The molecule has 0 amide bonds. The maximum Gasteiger partial charge on any atom is 0.149 e. The van der Waals surface area contributed by atoms with Crippen LogP contribution in [0.15, 0.2) is 17.1 Å². The molecule has 0 heterocycles. The van der Waals surface area contributed by atoms with Gasteiger partial charge in [-0.15, -0.1) is 0 Å². The van der Waals surface area contributed by atoms with Crippen LogP contribution < -0.4 is 0 Å². The third-order valence-corrected chi connectivity index (χ3v) is 3.52. The summed E-state index contributed by atoms with van der Waals surface area (Å²) in [4.78, 5) is 4.46. The Bertz CT molecular complexity index is 435. The lowest BCUT2D eigenvalue weighted by molar-refractivity contribution is 0.626. The molecule has 1 aromatic carbocycles. The Morgan fingerprint density at radius 1 is 1.39 bits per heavy atom. The SMILES string of the molecule is CCCCC(C)=Nc1c(C)cc(C2CC2)cc1F. The van der Waals surface area contributed by atoms with E-state index in [0.717, 1.165) is 36.1 Å². The van der Waals surface area contributed by atoms with E-state index in [1.165, 1.54) is 12.8 Å². The summed E-state index contributed by atoms with van der Waals surface area (Å²) >= 11 is 0. The molecule has 0 bridgehead atoms. The zero-order chi connectivity index (χ0) is 13.1. The highest BCUT2D eigenvalue weighted by atomic mass is 19.1. The molecule has 1 nitrogen and oxygen atoms in total. The fourth-order valence-corrected chi connectivity index (χ4v) is 2.24. The minimum absolute atomic E-state index is 0.159. The Morgan fingerprint density at radius 2 is 2.11 bits per heavy atom. The van der Waals surface area contributed by atoms with Crippen molar-refractivity contribution in [2.45, 2.75) is 58.8 Å². The molecule has 0 N–H and O–H groups in total. The Labute approximate surface area is 109 Å². The van der Waals surface area contributed by atoms with E-state index in [2.05, 4.69) is 18.0 Å². The van der Waals surface area contributed by atoms with Crippen LogP contribution >= 0.6 is 0 Å². The first-order valence-corrected chi connectivity index (χ1v) is 6.96. The molecule has 0 radical (unpaired) electrons. The van der Waals surface area contributed by atoms with Crippen molar-refractivity contribution in [3.8, 4) is 0 Å². The van der Waals surface area contributed by atoms with Crippen molar-refractivity contribution in [1.29, 1.82) is 0 Å². The first-order chi connectivity index (χ1) is 8.61. The molecule has 98 valence electrons. The van der Waals surface area contributed by atoms with Crippen molar-refractivity contribution < 1.29 is 4.39 Å². The zero-order valence-electron chi connectivity index (χ0n) is 11.6. The van der Waals surface area contributed by atoms with Gasteiger partial charge in [-0.05, 0) is 62.6 Å². The van der Waals surface area contributed by atoms with E-state index in [1.54, 1.807) is 6.07 Å². The molecule has 0 atom stereocenters. The third-order valence-electron chi connectivity index (χ3n) is 3.52. The minimum atomic E-state index is -0.159. The van der Waals surface area contributed by atoms with Gasteiger partial charge in [0.1, 0.15) is 11.5 Å². The monoisotopic (exact) mass is 247 g/mol. The Hall–Kier alpha value is -1.18. The van der Waals surface area contributed by atoms with E-state index in [9.17, 15) is 4.39 Å². The van der Waals surface area contributed by atoms with Crippen molar-refractivity contribution in [1.82, 2.24) is 0 Å². The summed E-state index contributed by atoms with van der Waals surface area (Å²) in [6.07, 6.45) is 5.64. The van der Waals surface area contributed by atoms with Gasteiger partial charge in [0.05, 0.1) is 0 Å². The normalized spacial score (nSPS) is 16.1. The van der Waals surface area contributed by atoms with E-state index in [-0.39, 0.29) is 5.82 Å². The van der Waals surface area contributed by atoms with Crippen LogP contribution in [0.3, 0.4) is 0 Å². The number of halogens is 1. The van der Waals surface area contributed by atoms with Gasteiger partial charge in [0.25, 0.3) is 0 Å². The number of unbranched alkanes of at least 4 members (excludes halogenated alkanes) is 1. The highest BCUT2D eigenvalue weighted by molar-refractivity contribution is 5.85. The maximum atomic E-state index is 14.1. The molecule has 1 aliphatic carbocycles. The number of nitrogens with zero attached hydrogens (tertiary/aromatic N) is 1. The highest BCUT2D eigenvalue weighted by Gasteiger charge is 2.25. The molecule has 2 heteroatoms. The first kappa shape index (κ1) is 13.3. The number of aryl methyl sites for hydroxylation is 1. The van der Waals surface area contributed by atoms with Crippen LogP contribution in [-0.4, -0.2) is 5.71 Å². The van der Waals surface area contributed by atoms with Crippen LogP contribution in [0.4, 0.5) is 10.1 Å². The van der Waals surface area contributed by atoms with E-state index in [1.807, 2.05) is 13.8 Å². The molecular weight excluding hydrogens is 225 g/mol. The van der Waals surface area contributed by atoms with Crippen molar-refractivity contribution in [3.05, 3.63) is 29.1 Å². The lowest BCUT2D eigenvalue weighted by atomic mass is 10.1. The average Bonchev–Trinajstić information content (AvgIpc) is 3.15. The van der Waals surface area contributed by atoms with Crippen molar-refractivity contribution >= 4 is 11.4 Å². The number of hydrogen-bond donors (Lipinski definition) is 0. The second kappa shape index (κ2) is 5.64. The van der Waals surface area contributed by atoms with Crippen LogP contribution in [0, 0.1) is 12.7 Å². The number of hydrogen-bond acceptors (Lipinski definition) is 1. The topological polar surface area (TPSA) is 12.4 Å². The molecule has 0 spiro atoms. The van der Waals surface area contributed by atoms with Gasteiger partial charge in [0.15, 0.2) is 0 Å². The lowest BCUT2D eigenvalue weighted by Gasteiger charge is -2.07. The van der Waals surface area contributed by atoms with Crippen LogP contribution in [0.25, 0.3) is 0 Å². The molecule has 0 saturated heterocycles. The predicted octanol–water partition coefficient (Wildman–Crippen LogP) is 5.29. The Kier molecular flexibility index (Phi) is 4.15. The number of aliphatic imine (C=N–C) groups is 1. The first-order valence-electron chi connectivity index (χ1n) is 6.96. The molecule has 0 unspecified atom stereocenters. The molecule has 0 aliphatic heterocycles. The summed E-state index contributed by atoms with van der Waals surface area (Å²) in [6.45, 7) is 6.10. The molecule has 1 aromatic rings. The highest BCUT2D eigenvalue weighted by Crippen LogP contribution is 2.42. The summed E-state index contributed by atoms with van der Waals surface area (Å²) in [7, 11) is 0. The molecule has 0 aromatic heterocycles. The number of rotatable bonds is 5. The quantitative estimate of drug-likeness (QED) is 0.626. The van der Waals surface area contributed by atoms with Crippen LogP contribution in [0.1, 0.15) is 63.0 Å². The Morgan fingerprint density at radius 3 is 2.67 bits per heavy atom. The molecule has 2 rings (SSSR count). The summed E-state index contributed by atoms with van der Waals surface area (Å²) in [5.41, 5.74) is 3.67. The van der Waals surface area contributed by atoms with Gasteiger partial charge in [-0.25, -0.2) is 4.39 Å². The molecular formula is C16H22FN. The average molecular weight is 247 g/mol. The fourth-order valence-electron chi connectivity index (χ4n) is 2.24. The predicted molar refractivity (Wildman–Crippen MR) is 75.4 cm³/mol. The molecule has 1 fully saturated rings. The van der Waals surface area contributed by atoms with Gasteiger partial charge in [-0.1, -0.05) is 19.4 Å². The summed E-state index contributed by atoms with van der Waals surface area (Å²) in [5, 5.41) is 0. The van der Waals surface area contributed by atoms with E-state index in [4.69, 9.17) is 0 Å². The second-order valence-electron chi connectivity index (χ2n) is 5.39. The Balaban J connectivity index is 2.22. The van der Waals surface area contributed by atoms with Crippen LogP contribution in [0.5, 0.6) is 0 Å². The largest absolute Gasteiger partial charge is 0.255 e. The third kappa shape index (κ3) is 3.18. The fraction of sp³-hybridized carbons (Fsp3) is 0.562. The summed E-state index contributed by atoms with van der Waals surface area (Å²) < 4.78 is 14.1. The van der Waals surface area contributed by atoms with Gasteiger partial charge < -0.3 is 0 Å². The van der Waals surface area contributed by atoms with Crippen LogP contribution in [0.2, 0.25) is 0 Å². The van der Waals surface area contributed by atoms with Crippen molar-refractivity contribution in [2.24, 2.45) is 4.99 Å². The summed E-state index contributed by atoms with van der Waals surface area (Å²) in [6, 6.07) is 3.78. The van der Waals surface area contributed by atoms with Crippen molar-refractivity contribution in [3.63, 3.8) is 0 Å². The van der Waals surface area contributed by atoms with Crippen molar-refractivity contribution in [2.75, 3.05) is 0 Å². The maximum absolute atomic E-state index is 14.1. The van der Waals surface area contributed by atoms with Gasteiger partial charge in [-0.2, -0.15) is 0 Å². The van der Waals surface area contributed by atoms with Gasteiger partial charge in [0.2, 0.25) is 0 Å². The standard InChI is InChI=1S/C16H22FN/c1-4-5-6-12(3)18-16-11(2)9-14(10-15(16)17)13-7-8-13/h9-10,13H,4-8H2,1-3H3. The van der Waals surface area contributed by atoms with E-state index >= 15 is 0 Å². The van der Waals surface area contributed by atoms with Crippen LogP contribution in [-0.2, 0) is 0 Å². The molecule has 18 heavy (non-hydrogen) atoms. The van der Waals surface area contributed by atoms with E-state index in [0.29, 0.717) is 11.6 Å². The number of benzene rings is 1. The summed E-state index contributed by atoms with van der Waals surface area (Å²) in [5.74, 6) is 0.435. The van der Waals surface area contributed by atoms with E-state index < -0.39 is 0 Å².